The van der Waals surface area contributed by atoms with E-state index in [2.05, 4.69) is 19.8 Å². The molecule has 0 amide bonds. The predicted octanol–water partition coefficient (Wildman–Crippen LogP) is 1.36. The second kappa shape index (κ2) is 3.51. The van der Waals surface area contributed by atoms with Crippen molar-refractivity contribution >= 4 is 11.6 Å². The highest BCUT2D eigenvalue weighted by Crippen LogP contribution is 2.42. The monoisotopic (exact) mass is 229 g/mol. The lowest BCUT2D eigenvalue weighted by atomic mass is 10.3. The molecule has 0 bridgehead atoms. The molecule has 1 aliphatic rings. The Hall–Kier alpha value is -2.05. The highest BCUT2D eigenvalue weighted by atomic mass is 19.3. The highest BCUT2D eigenvalue weighted by Gasteiger charge is 2.43. The van der Waals surface area contributed by atoms with E-state index in [1.807, 2.05) is 0 Å². The fraction of sp³-hybridized carbons (Fsp3) is 0.222. The van der Waals surface area contributed by atoms with Crippen LogP contribution < -0.4 is 20.5 Å². The number of hydrogen-bond acceptors (Lipinski definition) is 3. The summed E-state index contributed by atoms with van der Waals surface area (Å²) in [5, 5.41) is 2.70. The summed E-state index contributed by atoms with van der Waals surface area (Å²) in [5.74, 6) is 0.118. The maximum absolute atomic E-state index is 12.7. The number of nitrogens with zero attached hydrogens (tertiary/aromatic N) is 1. The van der Waals surface area contributed by atoms with E-state index in [1.165, 1.54) is 25.2 Å². The van der Waals surface area contributed by atoms with Crippen molar-refractivity contribution in [2.75, 3.05) is 12.4 Å². The molecule has 7 heteroatoms. The van der Waals surface area contributed by atoms with Crippen molar-refractivity contribution in [3.8, 4) is 11.5 Å². The molecule has 1 aliphatic heterocycles. The van der Waals surface area contributed by atoms with Gasteiger partial charge in [0.05, 0.1) is 0 Å². The molecule has 0 spiro atoms. The molecule has 0 saturated heterocycles. The Kier molecular flexibility index (Phi) is 2.30. The van der Waals surface area contributed by atoms with E-state index in [9.17, 15) is 8.78 Å². The zero-order valence-electron chi connectivity index (χ0n) is 8.33. The summed E-state index contributed by atoms with van der Waals surface area (Å²) in [5.41, 5.74) is 5.91. The molecule has 3 N–H and O–H groups in total. The number of benzene rings is 1. The minimum absolute atomic E-state index is 0.0115. The maximum Gasteiger partial charge on any atom is 0.586 e. The molecular formula is C9H9F2N3O2. The molecule has 0 radical (unpaired) electrons. The van der Waals surface area contributed by atoms with Gasteiger partial charge in [0.2, 0.25) is 0 Å². The third kappa shape index (κ3) is 1.97. The summed E-state index contributed by atoms with van der Waals surface area (Å²) in [6, 6.07) is 4.25. The number of rotatable bonds is 1. The van der Waals surface area contributed by atoms with E-state index < -0.39 is 6.29 Å². The predicted molar refractivity (Wildman–Crippen MR) is 53.8 cm³/mol. The molecule has 86 valence electrons. The van der Waals surface area contributed by atoms with Crippen molar-refractivity contribution in [2.24, 2.45) is 10.7 Å². The fourth-order valence-electron chi connectivity index (χ4n) is 1.23. The van der Waals surface area contributed by atoms with Gasteiger partial charge in [-0.25, -0.2) is 0 Å². The number of guanidine groups is 1. The molecule has 1 aromatic rings. The van der Waals surface area contributed by atoms with Crippen LogP contribution in [0.3, 0.4) is 0 Å². The van der Waals surface area contributed by atoms with Gasteiger partial charge in [0.25, 0.3) is 0 Å². The number of aliphatic imine (C=N–C) groups is 1. The number of hydrogen-bond donors (Lipinski definition) is 2. The van der Waals surface area contributed by atoms with Crippen LogP contribution in [-0.4, -0.2) is 19.3 Å². The fourth-order valence-corrected chi connectivity index (χ4v) is 1.23. The Morgan fingerprint density at radius 1 is 1.38 bits per heavy atom. The summed E-state index contributed by atoms with van der Waals surface area (Å²) < 4.78 is 33.9. The number of nitrogens with one attached hydrogen (secondary N) is 1. The van der Waals surface area contributed by atoms with Gasteiger partial charge in [0.15, 0.2) is 17.5 Å². The Morgan fingerprint density at radius 2 is 2.06 bits per heavy atom. The average Bonchev–Trinajstić information content (AvgIpc) is 2.51. The van der Waals surface area contributed by atoms with Gasteiger partial charge in [-0.05, 0) is 12.1 Å². The second-order valence-corrected chi connectivity index (χ2v) is 3.06. The van der Waals surface area contributed by atoms with Gasteiger partial charge in [-0.15, -0.1) is 8.78 Å². The number of alkyl halides is 2. The van der Waals surface area contributed by atoms with Crippen molar-refractivity contribution in [2.45, 2.75) is 6.29 Å². The van der Waals surface area contributed by atoms with E-state index in [0.29, 0.717) is 5.69 Å². The largest absolute Gasteiger partial charge is 0.586 e. The molecule has 16 heavy (non-hydrogen) atoms. The summed E-state index contributed by atoms with van der Waals surface area (Å²) in [7, 11) is 1.50. The van der Waals surface area contributed by atoms with E-state index in [-0.39, 0.29) is 17.5 Å². The summed E-state index contributed by atoms with van der Waals surface area (Å²) in [6.07, 6.45) is -3.61. The topological polar surface area (TPSA) is 68.9 Å². The molecule has 0 atom stereocenters. The smallest absolute Gasteiger partial charge is 0.395 e. The first-order valence-corrected chi connectivity index (χ1v) is 4.39. The lowest BCUT2D eigenvalue weighted by molar-refractivity contribution is -0.286. The molecule has 0 aliphatic carbocycles. The summed E-state index contributed by atoms with van der Waals surface area (Å²) in [6.45, 7) is 0. The molecule has 0 unspecified atom stereocenters. The van der Waals surface area contributed by atoms with Gasteiger partial charge >= 0.3 is 6.29 Å². The number of ether oxygens (including phenoxy) is 2. The van der Waals surface area contributed by atoms with Crippen LogP contribution in [0, 0.1) is 0 Å². The normalized spacial score (nSPS) is 17.3. The van der Waals surface area contributed by atoms with Gasteiger partial charge in [-0.2, -0.15) is 0 Å². The molecular weight excluding hydrogens is 220 g/mol. The van der Waals surface area contributed by atoms with Crippen LogP contribution >= 0.6 is 0 Å². The molecule has 5 nitrogen and oxygen atoms in total. The number of fused-ring (bicyclic) bond motifs is 1. The van der Waals surface area contributed by atoms with Crippen LogP contribution in [0.2, 0.25) is 0 Å². The first kappa shape index (κ1) is 10.5. The first-order valence-electron chi connectivity index (χ1n) is 4.39. The Bertz CT molecular complexity index is 448. The van der Waals surface area contributed by atoms with Crippen LogP contribution in [0.1, 0.15) is 0 Å². The van der Waals surface area contributed by atoms with E-state index in [1.54, 1.807) is 0 Å². The lowest BCUT2D eigenvalue weighted by Gasteiger charge is -2.05. The van der Waals surface area contributed by atoms with E-state index in [0.717, 1.165) is 0 Å². The van der Waals surface area contributed by atoms with Gasteiger partial charge < -0.3 is 20.5 Å². The molecule has 1 heterocycles. The Morgan fingerprint density at radius 3 is 2.75 bits per heavy atom. The average molecular weight is 229 g/mol. The summed E-state index contributed by atoms with van der Waals surface area (Å²) in [4.78, 5) is 3.67. The quantitative estimate of drug-likeness (QED) is 0.563. The number of nitrogens with two attached hydrogens (primary N) is 1. The lowest BCUT2D eigenvalue weighted by Crippen LogP contribution is -2.26. The standard InChI is InChI=1S/C9H9F2N3O2/c1-13-8(12)14-5-2-3-6-7(4-5)16-9(10,11)15-6/h2-4H,1H3,(H3,12,13,14). The van der Waals surface area contributed by atoms with E-state index in [4.69, 9.17) is 5.73 Å². The minimum atomic E-state index is -3.61. The van der Waals surface area contributed by atoms with Crippen molar-refractivity contribution in [1.82, 2.24) is 0 Å². The molecule has 2 rings (SSSR count). The Balaban J connectivity index is 2.23. The molecule has 0 saturated carbocycles. The first-order chi connectivity index (χ1) is 7.50. The van der Waals surface area contributed by atoms with Crippen LogP contribution in [0.4, 0.5) is 14.5 Å². The van der Waals surface area contributed by atoms with Gasteiger partial charge in [0, 0.05) is 18.8 Å². The maximum atomic E-state index is 12.7. The molecule has 1 aromatic carbocycles. The zero-order chi connectivity index (χ0) is 11.8. The van der Waals surface area contributed by atoms with Crippen LogP contribution in [0.5, 0.6) is 11.5 Å². The second-order valence-electron chi connectivity index (χ2n) is 3.06. The van der Waals surface area contributed by atoms with Gasteiger partial charge in [-0.1, -0.05) is 0 Å². The zero-order valence-corrected chi connectivity index (χ0v) is 8.33. The van der Waals surface area contributed by atoms with Crippen molar-refractivity contribution < 1.29 is 18.3 Å². The van der Waals surface area contributed by atoms with E-state index >= 15 is 0 Å². The van der Waals surface area contributed by atoms with Crippen molar-refractivity contribution in [3.63, 3.8) is 0 Å². The highest BCUT2D eigenvalue weighted by molar-refractivity contribution is 5.92. The van der Waals surface area contributed by atoms with Gasteiger partial charge in [0.1, 0.15) is 0 Å². The van der Waals surface area contributed by atoms with Gasteiger partial charge in [-0.3, -0.25) is 4.99 Å². The summed E-state index contributed by atoms with van der Waals surface area (Å²) >= 11 is 0. The van der Waals surface area contributed by atoms with Crippen LogP contribution in [0.25, 0.3) is 0 Å². The Labute approximate surface area is 89.9 Å². The van der Waals surface area contributed by atoms with Crippen molar-refractivity contribution in [1.29, 1.82) is 0 Å². The minimum Gasteiger partial charge on any atom is -0.395 e. The number of halogens is 2. The number of anilines is 1. The van der Waals surface area contributed by atoms with Crippen LogP contribution in [0.15, 0.2) is 23.2 Å². The van der Waals surface area contributed by atoms with Crippen LogP contribution in [-0.2, 0) is 0 Å². The van der Waals surface area contributed by atoms with Crippen molar-refractivity contribution in [3.05, 3.63) is 18.2 Å². The third-order valence-corrected chi connectivity index (χ3v) is 1.91. The molecule has 0 fully saturated rings. The SMILES string of the molecule is CN=C(N)Nc1ccc2c(c1)OC(F)(F)O2. The third-order valence-electron chi connectivity index (χ3n) is 1.91. The molecule has 0 aromatic heterocycles.